The number of carbonyl (C=O) groups is 1. The molecular formula is C15H23N7O. The van der Waals surface area contributed by atoms with Crippen molar-refractivity contribution in [1.82, 2.24) is 34.8 Å². The molecule has 23 heavy (non-hydrogen) atoms. The van der Waals surface area contributed by atoms with Crippen LogP contribution in [0.4, 0.5) is 0 Å². The summed E-state index contributed by atoms with van der Waals surface area (Å²) in [4.78, 5) is 14.3. The number of nitrogens with zero attached hydrogens (tertiary/aromatic N) is 6. The van der Waals surface area contributed by atoms with Crippen LogP contribution in [0, 0.1) is 5.92 Å². The third-order valence-electron chi connectivity index (χ3n) is 4.30. The van der Waals surface area contributed by atoms with Gasteiger partial charge in [-0.15, -0.1) is 10.2 Å². The summed E-state index contributed by atoms with van der Waals surface area (Å²) < 4.78 is 3.64. The summed E-state index contributed by atoms with van der Waals surface area (Å²) in [5.41, 5.74) is 0. The quantitative estimate of drug-likeness (QED) is 0.777. The third kappa shape index (κ3) is 4.88. The van der Waals surface area contributed by atoms with Crippen molar-refractivity contribution in [3.8, 4) is 0 Å². The van der Waals surface area contributed by atoms with Gasteiger partial charge in [-0.2, -0.15) is 5.10 Å². The lowest BCUT2D eigenvalue weighted by Crippen LogP contribution is -2.40. The largest absolute Gasteiger partial charge is 0.354 e. The molecule has 1 saturated heterocycles. The van der Waals surface area contributed by atoms with E-state index >= 15 is 0 Å². The Kier molecular flexibility index (Phi) is 5.36. The van der Waals surface area contributed by atoms with Gasteiger partial charge in [0.05, 0.1) is 0 Å². The molecule has 3 rings (SSSR count). The molecule has 3 heterocycles. The first-order valence-corrected chi connectivity index (χ1v) is 8.08. The van der Waals surface area contributed by atoms with Crippen LogP contribution in [0.3, 0.4) is 0 Å². The maximum Gasteiger partial charge on any atom is 0.241 e. The number of likely N-dealkylation sites (tertiary alicyclic amines) is 1. The standard InChI is InChI=1S/C15H23N7O/c23-15(11-22-5-1-4-19-22)16-10-14-2-6-20(7-3-14)8-9-21-12-17-18-13-21/h1,4-5,12-14H,2-3,6-11H2,(H,16,23). The maximum absolute atomic E-state index is 11.9. The molecule has 1 aliphatic rings. The van der Waals surface area contributed by atoms with E-state index in [1.54, 1.807) is 29.7 Å². The van der Waals surface area contributed by atoms with Crippen LogP contribution in [0.15, 0.2) is 31.1 Å². The molecule has 124 valence electrons. The van der Waals surface area contributed by atoms with Gasteiger partial charge in [0.2, 0.25) is 5.91 Å². The number of aromatic nitrogens is 5. The number of hydrogen-bond acceptors (Lipinski definition) is 5. The monoisotopic (exact) mass is 317 g/mol. The SMILES string of the molecule is O=C(Cn1cccn1)NCC1CCN(CCn2cnnc2)CC1. The van der Waals surface area contributed by atoms with E-state index in [9.17, 15) is 4.79 Å². The van der Waals surface area contributed by atoms with Crippen molar-refractivity contribution in [2.75, 3.05) is 26.2 Å². The van der Waals surface area contributed by atoms with Crippen molar-refractivity contribution in [2.45, 2.75) is 25.9 Å². The molecule has 1 N–H and O–H groups in total. The number of amides is 1. The number of nitrogens with one attached hydrogen (secondary N) is 1. The Bertz CT molecular complexity index is 573. The van der Waals surface area contributed by atoms with Gasteiger partial charge in [-0.1, -0.05) is 0 Å². The van der Waals surface area contributed by atoms with Crippen molar-refractivity contribution in [3.05, 3.63) is 31.1 Å². The molecule has 8 nitrogen and oxygen atoms in total. The second kappa shape index (κ2) is 7.87. The van der Waals surface area contributed by atoms with Crippen LogP contribution in [0.25, 0.3) is 0 Å². The molecule has 0 radical (unpaired) electrons. The summed E-state index contributed by atoms with van der Waals surface area (Å²) in [6.07, 6.45) is 9.24. The van der Waals surface area contributed by atoms with Gasteiger partial charge in [-0.05, 0) is 37.9 Å². The molecule has 0 bridgehead atoms. The zero-order valence-electron chi connectivity index (χ0n) is 13.2. The fourth-order valence-electron chi connectivity index (χ4n) is 2.86. The topological polar surface area (TPSA) is 80.9 Å². The highest BCUT2D eigenvalue weighted by Gasteiger charge is 2.19. The van der Waals surface area contributed by atoms with Crippen molar-refractivity contribution < 1.29 is 4.79 Å². The van der Waals surface area contributed by atoms with E-state index in [2.05, 4.69) is 25.5 Å². The number of hydrogen-bond donors (Lipinski definition) is 1. The second-order valence-electron chi connectivity index (χ2n) is 5.99. The first-order valence-electron chi connectivity index (χ1n) is 8.08. The van der Waals surface area contributed by atoms with Gasteiger partial charge in [-0.3, -0.25) is 9.48 Å². The summed E-state index contributed by atoms with van der Waals surface area (Å²) in [7, 11) is 0. The lowest BCUT2D eigenvalue weighted by molar-refractivity contribution is -0.122. The molecule has 0 saturated carbocycles. The molecule has 2 aromatic rings. The van der Waals surface area contributed by atoms with Gasteiger partial charge in [0.15, 0.2) is 0 Å². The molecule has 2 aromatic heterocycles. The van der Waals surface area contributed by atoms with Crippen LogP contribution in [0.5, 0.6) is 0 Å². The lowest BCUT2D eigenvalue weighted by Gasteiger charge is -2.32. The van der Waals surface area contributed by atoms with Crippen LogP contribution in [-0.4, -0.2) is 61.5 Å². The van der Waals surface area contributed by atoms with E-state index in [0.29, 0.717) is 12.5 Å². The molecule has 8 heteroatoms. The van der Waals surface area contributed by atoms with Crippen molar-refractivity contribution in [2.24, 2.45) is 5.92 Å². The summed E-state index contributed by atoms with van der Waals surface area (Å²) in [6.45, 7) is 5.18. The van der Waals surface area contributed by atoms with E-state index < -0.39 is 0 Å². The minimum atomic E-state index is 0.0312. The minimum Gasteiger partial charge on any atom is -0.354 e. The maximum atomic E-state index is 11.9. The molecule has 1 amide bonds. The molecular weight excluding hydrogens is 294 g/mol. The van der Waals surface area contributed by atoms with Crippen LogP contribution in [0.2, 0.25) is 0 Å². The number of piperidine rings is 1. The third-order valence-corrected chi connectivity index (χ3v) is 4.30. The van der Waals surface area contributed by atoms with E-state index in [0.717, 1.165) is 45.6 Å². The highest BCUT2D eigenvalue weighted by molar-refractivity contribution is 5.75. The highest BCUT2D eigenvalue weighted by atomic mass is 16.2. The summed E-state index contributed by atoms with van der Waals surface area (Å²) in [5, 5.41) is 14.7. The van der Waals surface area contributed by atoms with Crippen LogP contribution >= 0.6 is 0 Å². The summed E-state index contributed by atoms with van der Waals surface area (Å²) in [5.74, 6) is 0.603. The van der Waals surface area contributed by atoms with Crippen molar-refractivity contribution >= 4 is 5.91 Å². The minimum absolute atomic E-state index is 0.0312. The molecule has 0 aromatic carbocycles. The predicted octanol–water partition coefficient (Wildman–Crippen LogP) is 0.00300. The highest BCUT2D eigenvalue weighted by Crippen LogP contribution is 2.16. The van der Waals surface area contributed by atoms with Crippen molar-refractivity contribution in [1.29, 1.82) is 0 Å². The van der Waals surface area contributed by atoms with E-state index in [1.165, 1.54) is 0 Å². The average molecular weight is 317 g/mol. The van der Waals surface area contributed by atoms with Gasteiger partial charge in [0, 0.05) is 32.0 Å². The average Bonchev–Trinajstić information content (AvgIpc) is 3.25. The van der Waals surface area contributed by atoms with E-state index in [1.807, 2.05) is 10.6 Å². The summed E-state index contributed by atoms with van der Waals surface area (Å²) in [6, 6.07) is 1.82. The first kappa shape index (κ1) is 15.7. The van der Waals surface area contributed by atoms with Gasteiger partial charge >= 0.3 is 0 Å². The molecule has 1 fully saturated rings. The Hall–Kier alpha value is -2.22. The van der Waals surface area contributed by atoms with E-state index in [-0.39, 0.29) is 5.91 Å². The zero-order valence-corrected chi connectivity index (χ0v) is 13.2. The Labute approximate surface area is 135 Å². The Morgan fingerprint density at radius 2 is 1.96 bits per heavy atom. The van der Waals surface area contributed by atoms with Crippen LogP contribution in [0.1, 0.15) is 12.8 Å². The summed E-state index contributed by atoms with van der Waals surface area (Å²) >= 11 is 0. The lowest BCUT2D eigenvalue weighted by atomic mass is 9.97. The van der Waals surface area contributed by atoms with Gasteiger partial charge < -0.3 is 14.8 Å². The molecule has 0 unspecified atom stereocenters. The molecule has 0 aliphatic carbocycles. The Balaban J connectivity index is 1.30. The normalized spacial score (nSPS) is 16.5. The first-order chi connectivity index (χ1) is 11.3. The van der Waals surface area contributed by atoms with Crippen LogP contribution in [-0.2, 0) is 17.9 Å². The smallest absolute Gasteiger partial charge is 0.241 e. The number of rotatable bonds is 7. The van der Waals surface area contributed by atoms with E-state index in [4.69, 9.17) is 0 Å². The molecule has 0 spiro atoms. The van der Waals surface area contributed by atoms with Gasteiger partial charge in [0.25, 0.3) is 0 Å². The van der Waals surface area contributed by atoms with Gasteiger partial charge in [-0.25, -0.2) is 0 Å². The fraction of sp³-hybridized carbons (Fsp3) is 0.600. The zero-order chi connectivity index (χ0) is 15.9. The Morgan fingerprint density at radius 3 is 2.65 bits per heavy atom. The Morgan fingerprint density at radius 1 is 1.17 bits per heavy atom. The number of carbonyl (C=O) groups excluding carboxylic acids is 1. The molecule has 0 atom stereocenters. The van der Waals surface area contributed by atoms with Crippen LogP contribution < -0.4 is 5.32 Å². The fourth-order valence-corrected chi connectivity index (χ4v) is 2.86. The predicted molar refractivity (Wildman–Crippen MR) is 84.4 cm³/mol. The van der Waals surface area contributed by atoms with Gasteiger partial charge in [0.1, 0.15) is 19.2 Å². The van der Waals surface area contributed by atoms with Crippen molar-refractivity contribution in [3.63, 3.8) is 0 Å². The molecule has 1 aliphatic heterocycles. The second-order valence-corrected chi connectivity index (χ2v) is 5.99.